The van der Waals surface area contributed by atoms with Crippen molar-refractivity contribution in [3.8, 4) is 5.75 Å². The van der Waals surface area contributed by atoms with Gasteiger partial charge in [-0.25, -0.2) is 14.5 Å². The fraction of sp³-hybridized carbons (Fsp3) is 0.0385. The largest absolute Gasteiger partial charge is 0.465 e. The maximum atomic E-state index is 12.9. The van der Waals surface area contributed by atoms with Gasteiger partial charge in [0.25, 0.3) is 11.8 Å². The first-order chi connectivity index (χ1) is 17.3. The Morgan fingerprint density at radius 3 is 2.00 bits per heavy atom. The van der Waals surface area contributed by atoms with Crippen LogP contribution in [0.25, 0.3) is 0 Å². The number of hydrogen-bond acceptors (Lipinski definition) is 8. The summed E-state index contributed by atoms with van der Waals surface area (Å²) in [6.07, 6.45) is 0.682. The summed E-state index contributed by atoms with van der Waals surface area (Å²) in [7, 11) is 1.25. The number of hydrogen-bond donors (Lipinski definition) is 1. The summed E-state index contributed by atoms with van der Waals surface area (Å²) < 4.78 is 9.91. The van der Waals surface area contributed by atoms with E-state index in [1.54, 1.807) is 0 Å². The van der Waals surface area contributed by atoms with Gasteiger partial charge in [0, 0.05) is 11.3 Å². The summed E-state index contributed by atoms with van der Waals surface area (Å²) >= 11 is 6.15. The number of carbonyl (C=O) groups excluding carboxylic acids is 5. The Labute approximate surface area is 209 Å². The van der Waals surface area contributed by atoms with Crippen LogP contribution >= 0.6 is 11.6 Å². The molecule has 0 fully saturated rings. The molecule has 1 N–H and O–H groups in total. The molecule has 0 radical (unpaired) electrons. The molecular formula is C26H17ClN2O7. The van der Waals surface area contributed by atoms with Crippen LogP contribution in [-0.2, 0) is 14.3 Å². The van der Waals surface area contributed by atoms with Crippen molar-refractivity contribution in [2.45, 2.75) is 0 Å². The van der Waals surface area contributed by atoms with Crippen LogP contribution in [0.3, 0.4) is 0 Å². The van der Waals surface area contributed by atoms with Gasteiger partial charge >= 0.3 is 11.9 Å². The molecule has 2 amide bonds. The number of esters is 2. The van der Waals surface area contributed by atoms with E-state index in [2.05, 4.69) is 10.1 Å². The Balaban J connectivity index is 1.45. The summed E-state index contributed by atoms with van der Waals surface area (Å²) in [4.78, 5) is 61.2. The van der Waals surface area contributed by atoms with Crippen molar-refractivity contribution in [1.29, 1.82) is 0 Å². The molecule has 180 valence electrons. The fourth-order valence-corrected chi connectivity index (χ4v) is 3.54. The van der Waals surface area contributed by atoms with E-state index in [4.69, 9.17) is 16.3 Å². The van der Waals surface area contributed by atoms with Gasteiger partial charge in [0.15, 0.2) is 0 Å². The Hall–Kier alpha value is -4.76. The van der Waals surface area contributed by atoms with Gasteiger partial charge in [0.2, 0.25) is 0 Å². The second-order valence-corrected chi connectivity index (χ2v) is 7.83. The molecule has 36 heavy (non-hydrogen) atoms. The summed E-state index contributed by atoms with van der Waals surface area (Å²) in [6.45, 7) is 0. The van der Waals surface area contributed by atoms with E-state index in [0.29, 0.717) is 17.5 Å². The number of rotatable bonds is 7. The lowest BCUT2D eigenvalue weighted by molar-refractivity contribution is -0.120. The van der Waals surface area contributed by atoms with E-state index in [9.17, 15) is 24.0 Å². The van der Waals surface area contributed by atoms with Crippen LogP contribution in [0.2, 0.25) is 0 Å². The molecule has 3 aromatic carbocycles. The maximum absolute atomic E-state index is 12.9. The maximum Gasteiger partial charge on any atom is 0.343 e. The predicted molar refractivity (Wildman–Crippen MR) is 130 cm³/mol. The predicted octanol–water partition coefficient (Wildman–Crippen LogP) is 3.94. The SMILES string of the molecule is COC(=O)c1ccc(N2C(=O)C(Cl)=C(Nc3ccc(C(=O)Oc4ccc(C=O)cc4)cc3)C2=O)cc1. The molecule has 10 heteroatoms. The van der Waals surface area contributed by atoms with Crippen LogP contribution in [0.5, 0.6) is 5.75 Å². The zero-order valence-corrected chi connectivity index (χ0v) is 19.4. The zero-order valence-electron chi connectivity index (χ0n) is 18.7. The highest BCUT2D eigenvalue weighted by atomic mass is 35.5. The highest BCUT2D eigenvalue weighted by Gasteiger charge is 2.39. The molecule has 9 nitrogen and oxygen atoms in total. The number of aldehydes is 1. The van der Waals surface area contributed by atoms with Crippen molar-refractivity contribution >= 4 is 53.0 Å². The van der Waals surface area contributed by atoms with Crippen LogP contribution in [0.1, 0.15) is 31.1 Å². The van der Waals surface area contributed by atoms with Crippen LogP contribution in [-0.4, -0.2) is 37.1 Å². The molecule has 1 aliphatic rings. The quantitative estimate of drug-likeness (QED) is 0.222. The molecule has 0 saturated carbocycles. The summed E-state index contributed by atoms with van der Waals surface area (Å²) in [6, 6.07) is 17.8. The molecule has 0 saturated heterocycles. The smallest absolute Gasteiger partial charge is 0.343 e. The molecule has 3 aromatic rings. The second kappa shape index (κ2) is 10.2. The Bertz CT molecular complexity index is 1400. The minimum absolute atomic E-state index is 0.135. The Morgan fingerprint density at radius 1 is 0.833 bits per heavy atom. The first-order valence-electron chi connectivity index (χ1n) is 10.4. The van der Waals surface area contributed by atoms with Crippen molar-refractivity contribution in [3.63, 3.8) is 0 Å². The van der Waals surface area contributed by atoms with Crippen molar-refractivity contribution in [1.82, 2.24) is 0 Å². The lowest BCUT2D eigenvalue weighted by Crippen LogP contribution is -2.32. The van der Waals surface area contributed by atoms with Gasteiger partial charge < -0.3 is 14.8 Å². The molecule has 0 atom stereocenters. The van der Waals surface area contributed by atoms with Crippen molar-refractivity contribution in [2.75, 3.05) is 17.3 Å². The number of ether oxygens (including phenoxy) is 2. The molecule has 4 rings (SSSR count). The van der Waals surface area contributed by atoms with Crippen molar-refractivity contribution < 1.29 is 33.4 Å². The number of anilines is 2. The third-order valence-electron chi connectivity index (χ3n) is 5.19. The van der Waals surface area contributed by atoms with E-state index in [1.807, 2.05) is 0 Å². The van der Waals surface area contributed by atoms with Crippen LogP contribution in [0.15, 0.2) is 83.5 Å². The number of amides is 2. The highest BCUT2D eigenvalue weighted by molar-refractivity contribution is 6.53. The van der Waals surface area contributed by atoms with Gasteiger partial charge in [0.05, 0.1) is 23.9 Å². The number of nitrogens with zero attached hydrogens (tertiary/aromatic N) is 1. The van der Waals surface area contributed by atoms with Gasteiger partial charge in [-0.05, 0) is 72.8 Å². The Morgan fingerprint density at radius 2 is 1.42 bits per heavy atom. The van der Waals surface area contributed by atoms with E-state index in [-0.39, 0.29) is 33.3 Å². The molecule has 1 aliphatic heterocycles. The topological polar surface area (TPSA) is 119 Å². The number of carbonyl (C=O) groups is 5. The first kappa shape index (κ1) is 24.4. The van der Waals surface area contributed by atoms with Gasteiger partial charge in [-0.3, -0.25) is 14.4 Å². The zero-order chi connectivity index (χ0) is 25.8. The van der Waals surface area contributed by atoms with E-state index >= 15 is 0 Å². The molecule has 0 unspecified atom stereocenters. The second-order valence-electron chi connectivity index (χ2n) is 7.45. The highest BCUT2D eigenvalue weighted by Crippen LogP contribution is 2.30. The molecule has 0 spiro atoms. The summed E-state index contributed by atoms with van der Waals surface area (Å²) in [5.41, 5.74) is 1.45. The van der Waals surface area contributed by atoms with Crippen molar-refractivity contribution in [3.05, 3.63) is 100 Å². The number of halogens is 1. The Kier molecular flexibility index (Phi) is 6.93. The molecule has 0 aliphatic carbocycles. The number of imide groups is 1. The van der Waals surface area contributed by atoms with E-state index < -0.39 is 23.8 Å². The lowest BCUT2D eigenvalue weighted by Gasteiger charge is -2.15. The normalized spacial score (nSPS) is 13.0. The van der Waals surface area contributed by atoms with Gasteiger partial charge in [0.1, 0.15) is 22.8 Å². The monoisotopic (exact) mass is 504 g/mol. The average molecular weight is 505 g/mol. The minimum Gasteiger partial charge on any atom is -0.465 e. The number of methoxy groups -OCH3 is 1. The lowest BCUT2D eigenvalue weighted by atomic mass is 10.2. The van der Waals surface area contributed by atoms with E-state index in [1.165, 1.54) is 79.9 Å². The van der Waals surface area contributed by atoms with Crippen LogP contribution < -0.4 is 15.0 Å². The molecular weight excluding hydrogens is 488 g/mol. The van der Waals surface area contributed by atoms with E-state index in [0.717, 1.165) is 4.90 Å². The van der Waals surface area contributed by atoms with Crippen LogP contribution in [0.4, 0.5) is 11.4 Å². The fourth-order valence-electron chi connectivity index (χ4n) is 3.32. The molecule has 0 aromatic heterocycles. The van der Waals surface area contributed by atoms with Gasteiger partial charge in [-0.15, -0.1) is 0 Å². The number of nitrogens with one attached hydrogen (secondary N) is 1. The van der Waals surface area contributed by atoms with Gasteiger partial charge in [-0.1, -0.05) is 11.6 Å². The van der Waals surface area contributed by atoms with Crippen LogP contribution in [0, 0.1) is 0 Å². The number of benzene rings is 3. The first-order valence-corrected chi connectivity index (χ1v) is 10.8. The van der Waals surface area contributed by atoms with Crippen molar-refractivity contribution in [2.24, 2.45) is 0 Å². The average Bonchev–Trinajstić information content (AvgIpc) is 3.12. The third-order valence-corrected chi connectivity index (χ3v) is 5.54. The molecule has 0 bridgehead atoms. The summed E-state index contributed by atoms with van der Waals surface area (Å²) in [5, 5.41) is 2.51. The minimum atomic E-state index is -0.726. The third kappa shape index (κ3) is 4.86. The summed E-state index contributed by atoms with van der Waals surface area (Å²) in [5.74, 6) is -2.30. The van der Waals surface area contributed by atoms with Gasteiger partial charge in [-0.2, -0.15) is 0 Å². The molecule has 1 heterocycles. The standard InChI is InChI=1S/C26H17ClN2O7/c1-35-25(33)16-6-10-19(11-7-16)29-23(31)21(27)22(24(29)32)28-18-8-4-17(5-9-18)26(34)36-20-12-2-15(14-30)3-13-20/h2-14,28H,1H3.